The van der Waals surface area contributed by atoms with Gasteiger partial charge in [0.05, 0.1) is 43.6 Å². The predicted molar refractivity (Wildman–Crippen MR) is 398 cm³/mol. The molecule has 5 fully saturated rings. The molecule has 2 saturated heterocycles. The Hall–Kier alpha value is -7.12. The van der Waals surface area contributed by atoms with Gasteiger partial charge in [0.15, 0.2) is 0 Å². The first-order chi connectivity index (χ1) is 51.7. The Bertz CT molecular complexity index is 3200. The van der Waals surface area contributed by atoms with Gasteiger partial charge >= 0.3 is 12.4 Å². The number of alkyl halides is 6. The number of unbranched alkanes of at least 4 members (excludes halogenated alkanes) is 3. The van der Waals surface area contributed by atoms with Gasteiger partial charge in [-0.2, -0.15) is 26.3 Å². The largest absolute Gasteiger partial charge is 0.394 e. The summed E-state index contributed by atoms with van der Waals surface area (Å²) in [5, 5.41) is 8.68. The molecule has 26 nitrogen and oxygen atoms in total. The predicted octanol–water partition coefficient (Wildman–Crippen LogP) is 7.25. The van der Waals surface area contributed by atoms with Gasteiger partial charge in [-0.25, -0.2) is 0 Å². The summed E-state index contributed by atoms with van der Waals surface area (Å²) in [4.78, 5) is 193. The number of carbonyl (C=O) groups excluding carboxylic acids is 12. The average molecular weight is 1570 g/mol. The lowest BCUT2D eigenvalue weighted by molar-refractivity contribution is -0.215. The van der Waals surface area contributed by atoms with Crippen LogP contribution < -0.4 is 16.0 Å². The van der Waals surface area contributed by atoms with E-state index in [1.54, 1.807) is 32.9 Å². The van der Waals surface area contributed by atoms with E-state index in [0.717, 1.165) is 32.4 Å². The zero-order valence-corrected chi connectivity index (χ0v) is 67.6. The van der Waals surface area contributed by atoms with Crippen LogP contribution in [0.4, 0.5) is 26.3 Å². The summed E-state index contributed by atoms with van der Waals surface area (Å²) in [6.45, 7) is 9.35. The van der Waals surface area contributed by atoms with Crippen LogP contribution in [0.5, 0.6) is 0 Å². The molecule has 3 N–H and O–H groups in total. The number of hydrogen-bond donors (Lipinski definition) is 3. The molecule has 0 radical (unpaired) electrons. The number of rotatable bonds is 19. The number of nitrogens with zero attached hydrogens (tertiary/aromatic N) is 9. The second kappa shape index (κ2) is 41.1. The highest BCUT2D eigenvalue weighted by atomic mass is 19.4. The Morgan fingerprint density at radius 3 is 1.85 bits per heavy atom. The van der Waals surface area contributed by atoms with Crippen LogP contribution in [0.25, 0.3) is 0 Å². The van der Waals surface area contributed by atoms with Crippen LogP contribution in [0.1, 0.15) is 202 Å². The number of fused-ring (bicyclic) bond motifs is 3. The molecule has 3 aliphatic heterocycles. The van der Waals surface area contributed by atoms with E-state index in [-0.39, 0.29) is 122 Å². The summed E-state index contributed by atoms with van der Waals surface area (Å²) >= 11 is 0. The normalized spacial score (nSPS) is 30.0. The van der Waals surface area contributed by atoms with Crippen LogP contribution in [-0.4, -0.2) is 290 Å². The maximum Gasteiger partial charge on any atom is 0.394 e. The first-order valence-electron chi connectivity index (χ1n) is 40.0. The fraction of sp³-hybridized carbons (Fsp3) is 0.821. The van der Waals surface area contributed by atoms with Crippen LogP contribution >= 0.6 is 0 Å². The molecule has 12 amide bonds. The molecule has 2 bridgehead atoms. The van der Waals surface area contributed by atoms with E-state index in [1.807, 2.05) is 20.8 Å². The SMILES string of the molecule is CCCCCC[C@H]1C(=O)N[C@@H]([C@@H](C)CC)C(=O)N(C)CC(=O)N(C)[C@H]2C/C=C\CCN(C2=O)[C@@H](CC2CCC(C(F)(F)F)CC2)C(=O)N(C)CC(=O)N[C@@H](CCC2CCC(C(F)(F)F)C(OC)C2)C(=O)N2C[C@H](OCC)C[C@H]2C(=O)NC2(CCC2)C(=O)N(C)[C@@H](C(CC)CC)C(=O)N(C)[C@H](C(=O)N(C)C)CC(=O)N1C. The van der Waals surface area contributed by atoms with E-state index in [4.69, 9.17) is 9.47 Å². The molecule has 0 aromatic rings. The van der Waals surface area contributed by atoms with Crippen LogP contribution in [0.3, 0.4) is 0 Å². The third-order valence-corrected chi connectivity index (χ3v) is 24.5. The van der Waals surface area contributed by atoms with Gasteiger partial charge in [-0.15, -0.1) is 0 Å². The van der Waals surface area contributed by atoms with E-state index in [9.17, 15) is 45.5 Å². The minimum absolute atomic E-state index is 0.0346. The Morgan fingerprint density at radius 1 is 0.636 bits per heavy atom. The Kier molecular flexibility index (Phi) is 34.3. The van der Waals surface area contributed by atoms with Gasteiger partial charge in [-0.05, 0) is 133 Å². The van der Waals surface area contributed by atoms with Gasteiger partial charge in [0.1, 0.15) is 53.9 Å². The van der Waals surface area contributed by atoms with E-state index < -0.39 is 204 Å². The minimum Gasteiger partial charge on any atom is -0.381 e. The van der Waals surface area contributed by atoms with Gasteiger partial charge in [0.25, 0.3) is 0 Å². The first kappa shape index (κ1) is 91.8. The second-order valence-corrected chi connectivity index (χ2v) is 32.1. The minimum atomic E-state index is -4.57. The first-order valence-corrected chi connectivity index (χ1v) is 40.0. The molecule has 3 heterocycles. The maximum atomic E-state index is 15.6. The number of methoxy groups -OCH3 is 1. The topological polar surface area (TPSA) is 289 Å². The highest BCUT2D eigenvalue weighted by molar-refractivity contribution is 6.01. The van der Waals surface area contributed by atoms with E-state index in [0.29, 0.717) is 38.5 Å². The van der Waals surface area contributed by atoms with Gasteiger partial charge in [0.2, 0.25) is 70.9 Å². The van der Waals surface area contributed by atoms with Crippen LogP contribution in [-0.2, 0) is 67.0 Å². The smallest absolute Gasteiger partial charge is 0.381 e. The molecular weight excluding hydrogens is 1440 g/mol. The quantitative estimate of drug-likeness (QED) is 0.0652. The van der Waals surface area contributed by atoms with Gasteiger partial charge < -0.3 is 69.5 Å². The van der Waals surface area contributed by atoms with Crippen molar-refractivity contribution in [2.24, 2.45) is 35.5 Å². The summed E-state index contributed by atoms with van der Waals surface area (Å²) in [5.41, 5.74) is -1.65. The van der Waals surface area contributed by atoms with Crippen LogP contribution in [0.2, 0.25) is 0 Å². The number of halogens is 6. The van der Waals surface area contributed by atoms with Crippen molar-refractivity contribution in [1.82, 2.24) is 60.0 Å². The standard InChI is InChI=1S/C78H126F6N12O14/c1-16-21-22-24-28-56-67(100)86-65(48(6)17-2)73(106)90(10)47-64(99)92(12)57-29-25-23-26-40-95(72(57)105)60(41-49-30-34-52(35-31-49)77(79,80)81)71(104)89(9)46-62(97)85-55(37-33-50-32-36-54(78(82,83)84)61(42-50)109-15)69(102)96-45-53(110-20-5)43-58(96)68(101)87-76(38-27-39-76)75(108)94(14)66(51(18-3)19-4)74(107)93(13)59(70(103)88(7)8)44-63(98)91(56)11/h23,25,48-61,65-66H,16-22,24,26-47H2,1-15H3,(H,85,97)(H,86,100)(H,87,101)/b25-23-/t48-,49?,50?,52?,53+,54?,55-,56-,57-,58-,59-,60-,61?,65-,66-/m0/s1. The number of hydrogen-bond acceptors (Lipinski definition) is 14. The lowest BCUT2D eigenvalue weighted by Crippen LogP contribution is -2.68. The van der Waals surface area contributed by atoms with Crippen molar-refractivity contribution in [3.63, 3.8) is 0 Å². The Labute approximate surface area is 646 Å². The molecule has 3 aliphatic carbocycles. The molecule has 624 valence electrons. The summed E-state index contributed by atoms with van der Waals surface area (Å²) in [6, 6.07) is -10.9. The summed E-state index contributed by atoms with van der Waals surface area (Å²) in [6.07, 6.45) is -4.54. The summed E-state index contributed by atoms with van der Waals surface area (Å²) < 4.78 is 96.9. The van der Waals surface area contributed by atoms with Gasteiger partial charge in [-0.1, -0.05) is 91.7 Å². The molecule has 13 atom stereocenters. The maximum absolute atomic E-state index is 15.6. The second-order valence-electron chi connectivity index (χ2n) is 32.1. The molecule has 1 spiro atoms. The van der Waals surface area contributed by atoms with Gasteiger partial charge in [-0.3, -0.25) is 57.5 Å². The van der Waals surface area contributed by atoms with Crippen molar-refractivity contribution in [2.75, 3.05) is 96.3 Å². The van der Waals surface area contributed by atoms with Crippen molar-refractivity contribution >= 4 is 70.9 Å². The molecule has 3 saturated carbocycles. The highest BCUT2D eigenvalue weighted by Crippen LogP contribution is 2.44. The molecule has 6 rings (SSSR count). The van der Waals surface area contributed by atoms with E-state index in [2.05, 4.69) is 16.0 Å². The van der Waals surface area contributed by atoms with Crippen molar-refractivity contribution in [3.8, 4) is 0 Å². The van der Waals surface area contributed by atoms with Crippen LogP contribution in [0.15, 0.2) is 12.2 Å². The van der Waals surface area contributed by atoms with Gasteiger partial charge in [0, 0.05) is 89.6 Å². The van der Waals surface area contributed by atoms with E-state index in [1.165, 1.54) is 88.0 Å². The number of likely N-dealkylation sites (N-methyl/N-ethyl adjacent to an activating group) is 7. The van der Waals surface area contributed by atoms with Crippen molar-refractivity contribution in [2.45, 2.75) is 280 Å². The highest BCUT2D eigenvalue weighted by Gasteiger charge is 2.54. The van der Waals surface area contributed by atoms with Crippen LogP contribution in [0, 0.1) is 35.5 Å². The van der Waals surface area contributed by atoms with Crippen molar-refractivity contribution < 1.29 is 93.4 Å². The van der Waals surface area contributed by atoms with Crippen molar-refractivity contribution in [3.05, 3.63) is 12.2 Å². The third-order valence-electron chi connectivity index (χ3n) is 24.5. The molecule has 110 heavy (non-hydrogen) atoms. The third kappa shape index (κ3) is 23.1. The fourth-order valence-electron chi connectivity index (χ4n) is 17.1. The Balaban J connectivity index is 1.49. The number of nitrogens with one attached hydrogen (secondary N) is 3. The lowest BCUT2D eigenvalue weighted by Gasteiger charge is -2.47. The summed E-state index contributed by atoms with van der Waals surface area (Å²) in [5.74, 6) is -14.3. The zero-order chi connectivity index (χ0) is 82.0. The lowest BCUT2D eigenvalue weighted by atomic mass is 9.74. The monoisotopic (exact) mass is 1570 g/mol. The fourth-order valence-corrected chi connectivity index (χ4v) is 17.1. The number of amides is 12. The molecular formula is C78H126F6N12O14. The number of carbonyl (C=O) groups is 12. The van der Waals surface area contributed by atoms with E-state index >= 15 is 38.4 Å². The number of ether oxygens (including phenoxy) is 2. The molecule has 6 aliphatic rings. The molecule has 32 heteroatoms. The average Bonchev–Trinajstić information content (AvgIpc) is 1.12. The Morgan fingerprint density at radius 2 is 1.28 bits per heavy atom. The zero-order valence-electron chi connectivity index (χ0n) is 67.6. The van der Waals surface area contributed by atoms with Crippen molar-refractivity contribution in [1.29, 1.82) is 0 Å². The molecule has 3 unspecified atom stereocenters. The molecule has 0 aromatic heterocycles. The molecule has 0 aromatic carbocycles. The summed E-state index contributed by atoms with van der Waals surface area (Å²) in [7, 11) is 12.3.